The molecular weight excluding hydrogens is 242 g/mol. The highest BCUT2D eigenvalue weighted by Crippen LogP contribution is 2.17. The molecule has 0 atom stereocenters. The first-order valence-corrected chi connectivity index (χ1v) is 6.52. The fourth-order valence-corrected chi connectivity index (χ4v) is 1.80. The van der Waals surface area contributed by atoms with Crippen molar-refractivity contribution < 1.29 is 9.59 Å². The Morgan fingerprint density at radius 1 is 1.21 bits per heavy atom. The van der Waals surface area contributed by atoms with Crippen molar-refractivity contribution >= 4 is 17.5 Å². The predicted octanol–water partition coefficient (Wildman–Crippen LogP) is 1.46. The van der Waals surface area contributed by atoms with Crippen molar-refractivity contribution in [3.63, 3.8) is 0 Å². The maximum Gasteiger partial charge on any atom is 0.255 e. The quantitative estimate of drug-likeness (QED) is 0.815. The molecule has 2 amide bonds. The van der Waals surface area contributed by atoms with Crippen LogP contribution in [0, 0.1) is 0 Å². The van der Waals surface area contributed by atoms with Crippen LogP contribution in [0.2, 0.25) is 0 Å². The summed E-state index contributed by atoms with van der Waals surface area (Å²) >= 11 is 0. The number of nitrogens with zero attached hydrogens (tertiary/aromatic N) is 1. The van der Waals surface area contributed by atoms with E-state index in [1.165, 1.54) is 0 Å². The van der Waals surface area contributed by atoms with E-state index < -0.39 is 0 Å². The summed E-state index contributed by atoms with van der Waals surface area (Å²) in [6.07, 6.45) is 0.244. The number of para-hydroxylation sites is 1. The van der Waals surface area contributed by atoms with Crippen LogP contribution in [-0.2, 0) is 4.79 Å². The maximum atomic E-state index is 12.3. The fraction of sp³-hybridized carbons (Fsp3) is 0.429. The Bertz CT molecular complexity index is 442. The van der Waals surface area contributed by atoms with Crippen molar-refractivity contribution in [2.75, 3.05) is 25.0 Å². The molecule has 0 aliphatic carbocycles. The largest absolute Gasteiger partial charge is 0.339 e. The van der Waals surface area contributed by atoms with E-state index in [2.05, 4.69) is 5.32 Å². The second-order valence-electron chi connectivity index (χ2n) is 4.11. The lowest BCUT2D eigenvalue weighted by atomic mass is 10.1. The molecule has 0 saturated carbocycles. The minimum Gasteiger partial charge on any atom is -0.339 e. The zero-order valence-electron chi connectivity index (χ0n) is 11.5. The molecule has 0 unspecified atom stereocenters. The van der Waals surface area contributed by atoms with Crippen LogP contribution in [0.1, 0.15) is 30.6 Å². The molecule has 0 saturated heterocycles. The van der Waals surface area contributed by atoms with E-state index in [0.29, 0.717) is 24.3 Å². The number of nitrogens with one attached hydrogen (secondary N) is 1. The van der Waals surface area contributed by atoms with Gasteiger partial charge in [-0.3, -0.25) is 9.59 Å². The molecule has 1 aromatic carbocycles. The number of hydrogen-bond acceptors (Lipinski definition) is 3. The smallest absolute Gasteiger partial charge is 0.255 e. The van der Waals surface area contributed by atoms with Crippen molar-refractivity contribution in [1.82, 2.24) is 4.90 Å². The van der Waals surface area contributed by atoms with Crippen LogP contribution in [0.5, 0.6) is 0 Å². The first-order valence-electron chi connectivity index (χ1n) is 6.52. The van der Waals surface area contributed by atoms with Gasteiger partial charge in [-0.2, -0.15) is 0 Å². The SMILES string of the molecule is CCN(CC)C(=O)c1ccccc1NC(=O)CCN. The van der Waals surface area contributed by atoms with Crippen LogP contribution >= 0.6 is 0 Å². The summed E-state index contributed by atoms with van der Waals surface area (Å²) in [5, 5.41) is 2.73. The van der Waals surface area contributed by atoms with E-state index in [1.807, 2.05) is 13.8 Å². The summed E-state index contributed by atoms with van der Waals surface area (Å²) in [5.41, 5.74) is 6.39. The van der Waals surface area contributed by atoms with Gasteiger partial charge in [0.2, 0.25) is 5.91 Å². The van der Waals surface area contributed by atoms with Gasteiger partial charge in [-0.25, -0.2) is 0 Å². The van der Waals surface area contributed by atoms with Crippen molar-refractivity contribution in [3.05, 3.63) is 29.8 Å². The second kappa shape index (κ2) is 7.53. The summed E-state index contributed by atoms with van der Waals surface area (Å²) < 4.78 is 0. The molecule has 19 heavy (non-hydrogen) atoms. The molecule has 0 radical (unpaired) electrons. The molecule has 104 valence electrons. The zero-order valence-corrected chi connectivity index (χ0v) is 11.5. The van der Waals surface area contributed by atoms with Crippen molar-refractivity contribution in [3.8, 4) is 0 Å². The molecule has 5 nitrogen and oxygen atoms in total. The molecule has 0 heterocycles. The van der Waals surface area contributed by atoms with Gasteiger partial charge < -0.3 is 16.0 Å². The molecular formula is C14H21N3O2. The number of rotatable bonds is 6. The number of carbonyl (C=O) groups is 2. The Labute approximate surface area is 113 Å². The van der Waals surface area contributed by atoms with Gasteiger partial charge in [-0.15, -0.1) is 0 Å². The van der Waals surface area contributed by atoms with Crippen LogP contribution in [0.4, 0.5) is 5.69 Å². The Morgan fingerprint density at radius 2 is 1.84 bits per heavy atom. The average Bonchev–Trinajstić information content (AvgIpc) is 2.40. The highest BCUT2D eigenvalue weighted by molar-refractivity contribution is 6.03. The fourth-order valence-electron chi connectivity index (χ4n) is 1.80. The topological polar surface area (TPSA) is 75.4 Å². The first kappa shape index (κ1) is 15.2. The van der Waals surface area contributed by atoms with Crippen LogP contribution < -0.4 is 11.1 Å². The summed E-state index contributed by atoms with van der Waals surface area (Å²) in [7, 11) is 0. The van der Waals surface area contributed by atoms with Crippen LogP contribution in [0.25, 0.3) is 0 Å². The second-order valence-corrected chi connectivity index (χ2v) is 4.11. The molecule has 1 aromatic rings. The lowest BCUT2D eigenvalue weighted by Gasteiger charge is -2.20. The molecule has 0 aromatic heterocycles. The van der Waals surface area contributed by atoms with E-state index in [0.717, 1.165) is 0 Å². The number of amides is 2. The van der Waals surface area contributed by atoms with Crippen molar-refractivity contribution in [2.45, 2.75) is 20.3 Å². The first-order chi connectivity index (χ1) is 9.13. The Balaban J connectivity index is 2.95. The highest BCUT2D eigenvalue weighted by atomic mass is 16.2. The Hall–Kier alpha value is -1.88. The minimum absolute atomic E-state index is 0.0753. The standard InChI is InChI=1S/C14H21N3O2/c1-3-17(4-2)14(19)11-7-5-6-8-12(11)16-13(18)9-10-15/h5-8H,3-4,9-10,15H2,1-2H3,(H,16,18). The Kier molecular flexibility index (Phi) is 6.02. The monoisotopic (exact) mass is 263 g/mol. The Morgan fingerprint density at radius 3 is 2.42 bits per heavy atom. The molecule has 0 aliphatic heterocycles. The molecule has 5 heteroatoms. The van der Waals surface area contributed by atoms with Crippen LogP contribution in [0.15, 0.2) is 24.3 Å². The third-order valence-corrected chi connectivity index (χ3v) is 2.85. The average molecular weight is 263 g/mol. The minimum atomic E-state index is -0.178. The normalized spacial score (nSPS) is 10.1. The van der Waals surface area contributed by atoms with Gasteiger partial charge in [-0.1, -0.05) is 12.1 Å². The summed E-state index contributed by atoms with van der Waals surface area (Å²) in [4.78, 5) is 25.6. The maximum absolute atomic E-state index is 12.3. The van der Waals surface area contributed by atoms with Gasteiger partial charge in [0.1, 0.15) is 0 Å². The number of nitrogens with two attached hydrogens (primary N) is 1. The van der Waals surface area contributed by atoms with E-state index in [9.17, 15) is 9.59 Å². The van der Waals surface area contributed by atoms with E-state index >= 15 is 0 Å². The number of hydrogen-bond donors (Lipinski definition) is 2. The van der Waals surface area contributed by atoms with E-state index in [-0.39, 0.29) is 24.8 Å². The number of anilines is 1. The summed E-state index contributed by atoms with van der Waals surface area (Å²) in [5.74, 6) is -0.254. The van der Waals surface area contributed by atoms with Gasteiger partial charge in [0.05, 0.1) is 11.3 Å². The van der Waals surface area contributed by atoms with Gasteiger partial charge in [-0.05, 0) is 26.0 Å². The molecule has 0 aliphatic rings. The molecule has 1 rings (SSSR count). The van der Waals surface area contributed by atoms with Crippen molar-refractivity contribution in [2.24, 2.45) is 5.73 Å². The lowest BCUT2D eigenvalue weighted by molar-refractivity contribution is -0.116. The summed E-state index contributed by atoms with van der Waals surface area (Å²) in [6.45, 7) is 5.42. The van der Waals surface area contributed by atoms with E-state index in [4.69, 9.17) is 5.73 Å². The third kappa shape index (κ3) is 4.06. The van der Waals surface area contributed by atoms with Crippen LogP contribution in [-0.4, -0.2) is 36.3 Å². The zero-order chi connectivity index (χ0) is 14.3. The molecule has 0 fully saturated rings. The van der Waals surface area contributed by atoms with Gasteiger partial charge in [0.15, 0.2) is 0 Å². The number of carbonyl (C=O) groups excluding carboxylic acids is 2. The molecule has 0 bridgehead atoms. The molecule has 3 N–H and O–H groups in total. The highest BCUT2D eigenvalue weighted by Gasteiger charge is 2.16. The third-order valence-electron chi connectivity index (χ3n) is 2.85. The van der Waals surface area contributed by atoms with E-state index in [1.54, 1.807) is 29.2 Å². The number of benzene rings is 1. The van der Waals surface area contributed by atoms with Gasteiger partial charge in [0.25, 0.3) is 5.91 Å². The molecule has 0 spiro atoms. The van der Waals surface area contributed by atoms with Crippen molar-refractivity contribution in [1.29, 1.82) is 0 Å². The van der Waals surface area contributed by atoms with Crippen LogP contribution in [0.3, 0.4) is 0 Å². The summed E-state index contributed by atoms with van der Waals surface area (Å²) in [6, 6.07) is 7.02. The lowest BCUT2D eigenvalue weighted by Crippen LogP contribution is -2.31. The van der Waals surface area contributed by atoms with Gasteiger partial charge in [0, 0.05) is 26.1 Å². The van der Waals surface area contributed by atoms with Gasteiger partial charge >= 0.3 is 0 Å². The predicted molar refractivity (Wildman–Crippen MR) is 76.0 cm³/mol.